The largest absolute Gasteiger partial charge is 0.490 e. The molecule has 0 spiro atoms. The highest BCUT2D eigenvalue weighted by atomic mass is 79.9. The molecule has 4 rings (SSSR count). The molecule has 1 saturated heterocycles. The minimum atomic E-state index is -0.170. The van der Waals surface area contributed by atoms with E-state index in [1.54, 1.807) is 12.1 Å². The first-order valence-electron chi connectivity index (χ1n) is 10.3. The zero-order chi connectivity index (χ0) is 20.9. The number of hydrogen-bond acceptors (Lipinski definition) is 4. The van der Waals surface area contributed by atoms with Gasteiger partial charge in [0, 0.05) is 36.0 Å². The van der Waals surface area contributed by atoms with Gasteiger partial charge in [0.2, 0.25) is 5.91 Å². The summed E-state index contributed by atoms with van der Waals surface area (Å²) in [6.45, 7) is 2.35. The van der Waals surface area contributed by atoms with E-state index in [0.29, 0.717) is 25.3 Å². The van der Waals surface area contributed by atoms with Crippen molar-refractivity contribution in [3.05, 3.63) is 58.1 Å². The lowest BCUT2D eigenvalue weighted by Crippen LogP contribution is -2.34. The Hall–Kier alpha value is -2.54. The normalized spacial score (nSPS) is 18.0. The van der Waals surface area contributed by atoms with Gasteiger partial charge in [-0.1, -0.05) is 22.0 Å². The highest BCUT2D eigenvalue weighted by Crippen LogP contribution is 2.38. The third-order valence-electron chi connectivity index (χ3n) is 5.46. The second kappa shape index (κ2) is 9.51. The number of carbonyl (C=O) groups excluding carboxylic acids is 2. The van der Waals surface area contributed by atoms with Crippen molar-refractivity contribution in [2.24, 2.45) is 0 Å². The Labute approximate surface area is 184 Å². The predicted octanol–water partition coefficient (Wildman–Crippen LogP) is 4.09. The molecular formula is C23H25BrN2O4. The van der Waals surface area contributed by atoms with Crippen molar-refractivity contribution in [3.8, 4) is 11.5 Å². The molecule has 2 aliphatic heterocycles. The number of likely N-dealkylation sites (tertiary alicyclic amines) is 1. The molecule has 6 nitrogen and oxygen atoms in total. The van der Waals surface area contributed by atoms with Gasteiger partial charge in [0.25, 0.3) is 5.91 Å². The van der Waals surface area contributed by atoms with E-state index in [1.165, 1.54) is 0 Å². The maximum absolute atomic E-state index is 12.8. The van der Waals surface area contributed by atoms with Crippen LogP contribution in [0.2, 0.25) is 0 Å². The summed E-state index contributed by atoms with van der Waals surface area (Å²) < 4.78 is 12.4. The van der Waals surface area contributed by atoms with Crippen LogP contribution in [0.15, 0.2) is 46.9 Å². The summed E-state index contributed by atoms with van der Waals surface area (Å²) >= 11 is 3.36. The van der Waals surface area contributed by atoms with Gasteiger partial charge in [-0.05, 0) is 54.8 Å². The van der Waals surface area contributed by atoms with Crippen molar-refractivity contribution in [2.75, 3.05) is 26.3 Å². The minimum absolute atomic E-state index is 0.0387. The third-order valence-corrected chi connectivity index (χ3v) is 5.99. The summed E-state index contributed by atoms with van der Waals surface area (Å²) in [6, 6.07) is 13.2. The van der Waals surface area contributed by atoms with E-state index >= 15 is 0 Å². The molecule has 2 amide bonds. The van der Waals surface area contributed by atoms with E-state index in [4.69, 9.17) is 9.47 Å². The molecule has 2 aliphatic rings. The van der Waals surface area contributed by atoms with Crippen LogP contribution in [0.1, 0.15) is 47.6 Å². The second-order valence-electron chi connectivity index (χ2n) is 7.51. The highest BCUT2D eigenvalue weighted by molar-refractivity contribution is 9.10. The van der Waals surface area contributed by atoms with Gasteiger partial charge in [-0.3, -0.25) is 9.59 Å². The average Bonchev–Trinajstić information content (AvgIpc) is 3.13. The number of benzene rings is 2. The molecule has 0 bridgehead atoms. The van der Waals surface area contributed by atoms with E-state index in [9.17, 15) is 9.59 Å². The van der Waals surface area contributed by atoms with Gasteiger partial charge < -0.3 is 19.7 Å². The molecule has 30 heavy (non-hydrogen) atoms. The minimum Gasteiger partial charge on any atom is -0.490 e. The van der Waals surface area contributed by atoms with Gasteiger partial charge in [0.05, 0.1) is 19.3 Å². The summed E-state index contributed by atoms with van der Waals surface area (Å²) in [5.41, 5.74) is 1.65. The van der Waals surface area contributed by atoms with E-state index in [0.717, 1.165) is 47.3 Å². The van der Waals surface area contributed by atoms with Gasteiger partial charge in [0.1, 0.15) is 0 Å². The van der Waals surface area contributed by atoms with E-state index in [1.807, 2.05) is 35.2 Å². The molecular weight excluding hydrogens is 448 g/mol. The van der Waals surface area contributed by atoms with Gasteiger partial charge in [-0.2, -0.15) is 0 Å². The zero-order valence-corrected chi connectivity index (χ0v) is 18.3. The molecule has 2 aromatic carbocycles. The molecule has 0 saturated carbocycles. The molecule has 2 aromatic rings. The molecule has 1 fully saturated rings. The summed E-state index contributed by atoms with van der Waals surface area (Å²) in [4.78, 5) is 27.0. The first-order chi connectivity index (χ1) is 14.6. The van der Waals surface area contributed by atoms with Gasteiger partial charge in [-0.15, -0.1) is 0 Å². The van der Waals surface area contributed by atoms with Crippen LogP contribution in [-0.2, 0) is 4.79 Å². The lowest BCUT2D eigenvalue weighted by molar-refractivity contribution is -0.132. The molecule has 7 heteroatoms. The Kier molecular flexibility index (Phi) is 6.57. The van der Waals surface area contributed by atoms with Gasteiger partial charge >= 0.3 is 0 Å². The van der Waals surface area contributed by atoms with Crippen LogP contribution in [0.3, 0.4) is 0 Å². The number of amides is 2. The fourth-order valence-electron chi connectivity index (χ4n) is 3.93. The molecule has 2 heterocycles. The Morgan fingerprint density at radius 1 is 1.03 bits per heavy atom. The number of halogens is 1. The Morgan fingerprint density at radius 2 is 1.80 bits per heavy atom. The van der Waals surface area contributed by atoms with Crippen LogP contribution >= 0.6 is 15.9 Å². The van der Waals surface area contributed by atoms with Crippen LogP contribution in [0.4, 0.5) is 0 Å². The molecule has 1 atom stereocenters. The number of nitrogens with zero attached hydrogens (tertiary/aromatic N) is 1. The molecule has 1 unspecified atom stereocenters. The van der Waals surface area contributed by atoms with Gasteiger partial charge in [-0.25, -0.2) is 0 Å². The van der Waals surface area contributed by atoms with Crippen molar-refractivity contribution in [2.45, 2.75) is 31.7 Å². The highest BCUT2D eigenvalue weighted by Gasteiger charge is 2.30. The average molecular weight is 473 g/mol. The van der Waals surface area contributed by atoms with Crippen molar-refractivity contribution in [1.29, 1.82) is 0 Å². The monoisotopic (exact) mass is 472 g/mol. The zero-order valence-electron chi connectivity index (χ0n) is 16.7. The number of fused-ring (bicyclic) bond motifs is 1. The lowest BCUT2D eigenvalue weighted by Gasteiger charge is -2.26. The van der Waals surface area contributed by atoms with Crippen molar-refractivity contribution < 1.29 is 19.1 Å². The summed E-state index contributed by atoms with van der Waals surface area (Å²) in [5.74, 6) is 1.41. The first kappa shape index (κ1) is 20.7. The summed E-state index contributed by atoms with van der Waals surface area (Å²) in [6.07, 6.45) is 3.04. The summed E-state index contributed by atoms with van der Waals surface area (Å²) in [7, 11) is 0. The fraction of sp³-hybridized carbons (Fsp3) is 0.391. The van der Waals surface area contributed by atoms with Gasteiger partial charge in [0.15, 0.2) is 11.5 Å². The first-order valence-corrected chi connectivity index (χ1v) is 11.1. The number of carbonyl (C=O) groups is 2. The van der Waals surface area contributed by atoms with E-state index < -0.39 is 0 Å². The second-order valence-corrected chi connectivity index (χ2v) is 8.43. The Morgan fingerprint density at radius 3 is 2.60 bits per heavy atom. The Balaban J connectivity index is 1.35. The van der Waals surface area contributed by atoms with Crippen LogP contribution in [0.5, 0.6) is 11.5 Å². The lowest BCUT2D eigenvalue weighted by atomic mass is 10.0. The molecule has 0 aromatic heterocycles. The Bertz CT molecular complexity index is 916. The van der Waals surface area contributed by atoms with Crippen molar-refractivity contribution in [3.63, 3.8) is 0 Å². The third kappa shape index (κ3) is 4.78. The van der Waals surface area contributed by atoms with Crippen molar-refractivity contribution >= 4 is 27.7 Å². The number of hydrogen-bond donors (Lipinski definition) is 1. The number of ether oxygens (including phenoxy) is 2. The number of nitrogens with one attached hydrogen (secondary N) is 1. The van der Waals surface area contributed by atoms with E-state index in [2.05, 4.69) is 21.2 Å². The number of rotatable bonds is 5. The quantitative estimate of drug-likeness (QED) is 0.711. The maximum Gasteiger partial charge on any atom is 0.251 e. The maximum atomic E-state index is 12.8. The summed E-state index contributed by atoms with van der Waals surface area (Å²) in [5, 5.41) is 2.84. The standard InChI is InChI=1S/C23H25BrN2O4/c24-18-7-4-16(5-8-18)23(28)25-11-10-22(27)26-12-1-3-19(26)17-6-9-20-21(15-17)30-14-2-13-29-20/h4-9,15,19H,1-3,10-14H2,(H,25,28). The van der Waals surface area contributed by atoms with Crippen LogP contribution in [-0.4, -0.2) is 43.0 Å². The molecule has 0 aliphatic carbocycles. The van der Waals surface area contributed by atoms with Crippen LogP contribution in [0.25, 0.3) is 0 Å². The topological polar surface area (TPSA) is 67.9 Å². The fourth-order valence-corrected chi connectivity index (χ4v) is 4.19. The van der Waals surface area contributed by atoms with Crippen molar-refractivity contribution in [1.82, 2.24) is 10.2 Å². The smallest absolute Gasteiger partial charge is 0.251 e. The van der Waals surface area contributed by atoms with E-state index in [-0.39, 0.29) is 24.3 Å². The van der Waals surface area contributed by atoms with Crippen LogP contribution < -0.4 is 14.8 Å². The van der Waals surface area contributed by atoms with Crippen LogP contribution in [0, 0.1) is 0 Å². The predicted molar refractivity (Wildman–Crippen MR) is 117 cm³/mol. The SMILES string of the molecule is O=C(NCCC(=O)N1CCCC1c1ccc2c(c1)OCCCO2)c1ccc(Br)cc1. The molecule has 0 radical (unpaired) electrons. The molecule has 158 valence electrons. The molecule has 1 N–H and O–H groups in total.